The summed E-state index contributed by atoms with van der Waals surface area (Å²) in [7, 11) is 9.46. The molecule has 3 aliphatic rings. The van der Waals surface area contributed by atoms with Crippen LogP contribution in [0.3, 0.4) is 0 Å². The summed E-state index contributed by atoms with van der Waals surface area (Å²) in [6.45, 7) is 10.0. The van der Waals surface area contributed by atoms with E-state index < -0.39 is 0 Å². The van der Waals surface area contributed by atoms with Gasteiger partial charge in [0.25, 0.3) is 34.4 Å². The molecule has 5 aromatic carbocycles. The van der Waals surface area contributed by atoms with E-state index in [0.717, 1.165) is 41.8 Å². The van der Waals surface area contributed by atoms with E-state index in [-0.39, 0.29) is 62.7 Å². The molecule has 492 valence electrons. The Labute approximate surface area is 567 Å². The van der Waals surface area contributed by atoms with Gasteiger partial charge in [-0.3, -0.25) is 33.8 Å². The van der Waals surface area contributed by atoms with E-state index in [1.54, 1.807) is 30.9 Å². The highest BCUT2D eigenvalue weighted by molar-refractivity contribution is 14.1. The number of nitriles is 3. The molecule has 9 aromatic rings. The van der Waals surface area contributed by atoms with E-state index in [1.807, 2.05) is 120 Å². The number of anilines is 3. The van der Waals surface area contributed by atoms with Gasteiger partial charge in [0.2, 0.25) is 0 Å². The molecule has 0 atom stereocenters. The molecule has 0 radical (unpaired) electrons. The molecular formula is C71H71F2IN16O6. The molecular weight excluding hydrogens is 1340 g/mol. The van der Waals surface area contributed by atoms with Gasteiger partial charge in [-0.1, -0.05) is 29.8 Å². The van der Waals surface area contributed by atoms with Crippen LogP contribution in [0.2, 0.25) is 0 Å². The monoisotopic (exact) mass is 1410 g/mol. The molecule has 0 bridgehead atoms. The van der Waals surface area contributed by atoms with Crippen molar-refractivity contribution in [1.82, 2.24) is 48.2 Å². The zero-order chi connectivity index (χ0) is 68.5. The summed E-state index contributed by atoms with van der Waals surface area (Å²) in [5.74, 6) is -1.24. The summed E-state index contributed by atoms with van der Waals surface area (Å²) in [6, 6.07) is 36.9. The van der Waals surface area contributed by atoms with E-state index >= 15 is 0 Å². The Kier molecular flexibility index (Phi) is 21.6. The van der Waals surface area contributed by atoms with Gasteiger partial charge in [0.15, 0.2) is 0 Å². The van der Waals surface area contributed by atoms with Crippen molar-refractivity contribution in [3.63, 3.8) is 0 Å². The maximum atomic E-state index is 13.4. The first-order chi connectivity index (χ1) is 46.2. The summed E-state index contributed by atoms with van der Waals surface area (Å²) in [6.07, 6.45) is 4.48. The van der Waals surface area contributed by atoms with Crippen LogP contribution in [0.4, 0.5) is 25.8 Å². The number of hydrogen-bond donors (Lipinski definition) is 0. The number of aromatic nitrogens is 5. The number of aryl methyl sites for hydroxylation is 2. The molecule has 96 heavy (non-hydrogen) atoms. The van der Waals surface area contributed by atoms with E-state index in [4.69, 9.17) is 0 Å². The van der Waals surface area contributed by atoms with Crippen LogP contribution in [0.25, 0.3) is 32.7 Å². The van der Waals surface area contributed by atoms with E-state index in [9.17, 15) is 53.3 Å². The minimum absolute atomic E-state index is 0.131. The predicted molar refractivity (Wildman–Crippen MR) is 373 cm³/mol. The number of likely N-dealkylation sites (N-methyl/N-ethyl adjacent to an activating group) is 2. The van der Waals surface area contributed by atoms with Gasteiger partial charge in [-0.2, -0.15) is 15.8 Å². The molecule has 22 nitrogen and oxygen atoms in total. The maximum Gasteiger partial charge on any atom is 0.274 e. The van der Waals surface area contributed by atoms with Gasteiger partial charge in [0.05, 0.1) is 39.8 Å². The number of carbonyl (C=O) groups excluding carboxylic acids is 3. The Bertz CT molecular complexity index is 4520. The Hall–Kier alpha value is -10.4. The summed E-state index contributed by atoms with van der Waals surface area (Å²) in [5, 5.41) is 32.2. The van der Waals surface area contributed by atoms with E-state index in [0.29, 0.717) is 139 Å². The van der Waals surface area contributed by atoms with Gasteiger partial charge in [0, 0.05) is 155 Å². The standard InChI is InChI=1S/C26H28FN5O2.C25H25FIN5O2.C20H18N6O2/c1-18-4-9-23-21(16-18)24(22(17-28)26(34)32(23)15-10-29(2)3)30-11-13-31(14-12-30)25(33)19-5-7-20(27)8-6-19;1-29(2)9-14-32-22-8-7-19(27)15-20(22)23(21(16-28)25(32)34)30-10-12-31(13-11-30)24(33)17-3-5-18(26)6-4-17;1-24-17-5-3-2-4-14(17)18(15(12-21)19(24)27)25-8-10-26(11-9-25)20(28)16-13-22-6-7-23-16/h4-9,16H,10-15H2,1-3H3;3-8,15H,9-14H2,1-2H3;2-7,13H,8-11H2,1H3. The second-order valence-corrected chi connectivity index (χ2v) is 25.3. The van der Waals surface area contributed by atoms with Gasteiger partial charge in [-0.05, 0) is 143 Å². The van der Waals surface area contributed by atoms with Crippen LogP contribution >= 0.6 is 22.6 Å². The molecule has 0 N–H and O–H groups in total. The molecule has 12 rings (SSSR count). The van der Waals surface area contributed by atoms with Gasteiger partial charge in [0.1, 0.15) is 52.2 Å². The quantitative estimate of drug-likeness (QED) is 0.110. The summed E-state index contributed by atoms with van der Waals surface area (Å²) in [5.41, 5.74) is 6.04. The van der Waals surface area contributed by atoms with Gasteiger partial charge in [-0.25, -0.2) is 13.8 Å². The molecule has 0 saturated carbocycles. The lowest BCUT2D eigenvalue weighted by molar-refractivity contribution is 0.0734. The highest BCUT2D eigenvalue weighted by Gasteiger charge is 2.31. The van der Waals surface area contributed by atoms with Crippen molar-refractivity contribution < 1.29 is 23.2 Å². The van der Waals surface area contributed by atoms with Crippen molar-refractivity contribution in [2.75, 3.05) is 135 Å². The SMILES string of the molecule is CN(C)CCn1c(=O)c(C#N)c(N2CCN(C(=O)c3ccc(F)cc3)CC2)c2cc(I)ccc21.Cc1ccc2c(c1)c(N1CCN(C(=O)c3ccc(F)cc3)CC1)c(C#N)c(=O)n2CCN(C)C.Cn1c(=O)c(C#N)c(N2CCN(C(=O)c3cnccn3)CC2)c2ccccc21. The lowest BCUT2D eigenvalue weighted by atomic mass is 10.0. The maximum absolute atomic E-state index is 13.4. The second kappa shape index (κ2) is 30.3. The van der Waals surface area contributed by atoms with Gasteiger partial charge >= 0.3 is 0 Å². The number of pyridine rings is 3. The number of nitrogens with zero attached hydrogens (tertiary/aromatic N) is 16. The second-order valence-electron chi connectivity index (χ2n) is 24.0. The average molecular weight is 1410 g/mol. The molecule has 3 fully saturated rings. The van der Waals surface area contributed by atoms with Crippen molar-refractivity contribution in [2.24, 2.45) is 7.05 Å². The third-order valence-corrected chi connectivity index (χ3v) is 18.0. The fourth-order valence-electron chi connectivity index (χ4n) is 12.3. The van der Waals surface area contributed by atoms with Crippen LogP contribution < -0.4 is 31.4 Å². The minimum atomic E-state index is -0.382. The van der Waals surface area contributed by atoms with Crippen molar-refractivity contribution >= 4 is 90.1 Å². The van der Waals surface area contributed by atoms with E-state index in [1.165, 1.54) is 71.7 Å². The number of para-hydroxylation sites is 1. The smallest absolute Gasteiger partial charge is 0.274 e. The molecule has 0 spiro atoms. The largest absolute Gasteiger partial charge is 0.366 e. The molecule has 25 heteroatoms. The highest BCUT2D eigenvalue weighted by Crippen LogP contribution is 2.34. The summed E-state index contributed by atoms with van der Waals surface area (Å²) < 4.78 is 32.3. The van der Waals surface area contributed by atoms with Crippen molar-refractivity contribution in [2.45, 2.75) is 20.0 Å². The van der Waals surface area contributed by atoms with Crippen LogP contribution in [0, 0.1) is 56.1 Å². The molecule has 3 saturated heterocycles. The fourth-order valence-corrected chi connectivity index (χ4v) is 12.8. The first-order valence-electron chi connectivity index (χ1n) is 31.3. The summed E-state index contributed by atoms with van der Waals surface area (Å²) in [4.78, 5) is 101. The van der Waals surface area contributed by atoms with Crippen LogP contribution in [-0.4, -0.2) is 186 Å². The third-order valence-electron chi connectivity index (χ3n) is 17.4. The summed E-state index contributed by atoms with van der Waals surface area (Å²) >= 11 is 2.24. The number of amides is 3. The number of fused-ring (bicyclic) bond motifs is 3. The first-order valence-corrected chi connectivity index (χ1v) is 32.3. The lowest BCUT2D eigenvalue weighted by Crippen LogP contribution is -2.49. The minimum Gasteiger partial charge on any atom is -0.366 e. The molecule has 3 amide bonds. The molecule has 0 aliphatic carbocycles. The molecule has 7 heterocycles. The van der Waals surface area contributed by atoms with Crippen LogP contribution in [-0.2, 0) is 20.1 Å². The van der Waals surface area contributed by atoms with Crippen LogP contribution in [0.1, 0.15) is 53.5 Å². The Morgan fingerprint density at radius 2 is 0.927 bits per heavy atom. The molecule has 0 unspecified atom stereocenters. The fraction of sp³-hybridized carbons (Fsp3) is 0.310. The molecule has 3 aliphatic heterocycles. The van der Waals surface area contributed by atoms with Crippen LogP contribution in [0.15, 0.2) is 142 Å². The predicted octanol–water partition coefficient (Wildman–Crippen LogP) is 7.15. The Morgan fingerprint density at radius 1 is 0.510 bits per heavy atom. The number of carbonyl (C=O) groups is 3. The molecule has 4 aromatic heterocycles. The number of benzene rings is 5. The zero-order valence-electron chi connectivity index (χ0n) is 54.2. The topological polar surface area (TPSA) is 240 Å². The van der Waals surface area contributed by atoms with Gasteiger partial charge < -0.3 is 52.9 Å². The van der Waals surface area contributed by atoms with Crippen molar-refractivity contribution in [1.29, 1.82) is 15.8 Å². The Morgan fingerprint density at radius 3 is 1.36 bits per heavy atom. The average Bonchev–Trinajstić information content (AvgIpc) is 0.765. The third kappa shape index (κ3) is 14.8. The number of piperazine rings is 3. The number of halogens is 3. The van der Waals surface area contributed by atoms with Gasteiger partial charge in [-0.15, -0.1) is 0 Å². The zero-order valence-corrected chi connectivity index (χ0v) is 56.3. The Balaban J connectivity index is 0.000000157. The van der Waals surface area contributed by atoms with Crippen LogP contribution in [0.5, 0.6) is 0 Å². The van der Waals surface area contributed by atoms with E-state index in [2.05, 4.69) is 50.8 Å². The lowest BCUT2D eigenvalue weighted by Gasteiger charge is -2.37. The van der Waals surface area contributed by atoms with Crippen molar-refractivity contribution in [3.8, 4) is 18.2 Å². The number of rotatable bonds is 12. The number of hydrogen-bond acceptors (Lipinski definition) is 16. The highest BCUT2D eigenvalue weighted by atomic mass is 127. The first kappa shape index (κ1) is 68.5. The normalized spacial score (nSPS) is 14.0. The van der Waals surface area contributed by atoms with Crippen molar-refractivity contribution in [3.05, 3.63) is 213 Å².